The molecule has 0 radical (unpaired) electrons. The van der Waals surface area contributed by atoms with Crippen LogP contribution in [0.15, 0.2) is 0 Å². The van der Waals surface area contributed by atoms with Crippen molar-refractivity contribution in [3.8, 4) is 0 Å². The summed E-state index contributed by atoms with van der Waals surface area (Å²) in [6.45, 7) is 29.7. The molecule has 0 N–H and O–H groups in total. The second kappa shape index (κ2) is 11.3. The van der Waals surface area contributed by atoms with Gasteiger partial charge >= 0.3 is 0 Å². The molecular weight excluding hydrogens is 483 g/mol. The zero-order valence-electron chi connectivity index (χ0n) is 23.6. The van der Waals surface area contributed by atoms with Crippen LogP contribution in [0.1, 0.15) is 19.3 Å². The van der Waals surface area contributed by atoms with Crippen LogP contribution in [0.4, 0.5) is 0 Å². The SMILES string of the molecule is C[Si](C)(C)OCC1OC(N2CCCCC2)C(O[Si](C)(C)C)C(O[Si](C)(C)C)C1O[Si](C)(C)C. The van der Waals surface area contributed by atoms with Crippen molar-refractivity contribution in [3.63, 3.8) is 0 Å². The fourth-order valence-corrected chi connectivity index (χ4v) is 8.37. The van der Waals surface area contributed by atoms with Crippen LogP contribution in [-0.4, -0.2) is 88.5 Å². The molecule has 0 aromatic carbocycles. The van der Waals surface area contributed by atoms with E-state index in [0.717, 1.165) is 13.1 Å². The highest BCUT2D eigenvalue weighted by Crippen LogP contribution is 2.36. The highest BCUT2D eigenvalue weighted by molar-refractivity contribution is 6.71. The summed E-state index contributed by atoms with van der Waals surface area (Å²) in [6, 6.07) is 0. The molecule has 0 bridgehead atoms. The van der Waals surface area contributed by atoms with Crippen molar-refractivity contribution in [2.75, 3.05) is 19.7 Å². The van der Waals surface area contributed by atoms with Gasteiger partial charge in [0.15, 0.2) is 33.3 Å². The van der Waals surface area contributed by atoms with E-state index < -0.39 is 33.3 Å². The Morgan fingerprint density at radius 3 is 1.52 bits per heavy atom. The zero-order chi connectivity index (χ0) is 25.2. The summed E-state index contributed by atoms with van der Waals surface area (Å²) in [5.74, 6) is 0. The molecule has 33 heavy (non-hydrogen) atoms. The van der Waals surface area contributed by atoms with E-state index in [9.17, 15) is 0 Å². The average Bonchev–Trinajstić information content (AvgIpc) is 2.60. The molecule has 5 atom stereocenters. The van der Waals surface area contributed by atoms with Gasteiger partial charge in [-0.3, -0.25) is 4.90 Å². The van der Waals surface area contributed by atoms with Gasteiger partial charge in [0.1, 0.15) is 30.6 Å². The molecule has 2 saturated heterocycles. The first-order valence-corrected chi connectivity index (χ1v) is 26.5. The lowest BCUT2D eigenvalue weighted by atomic mass is 9.96. The molecular formula is C23H53NO5Si4. The maximum absolute atomic E-state index is 6.96. The Bertz CT molecular complexity index is 606. The number of hydrogen-bond donors (Lipinski definition) is 0. The van der Waals surface area contributed by atoms with Gasteiger partial charge in [-0.25, -0.2) is 0 Å². The van der Waals surface area contributed by atoms with Crippen LogP contribution < -0.4 is 0 Å². The van der Waals surface area contributed by atoms with Crippen LogP contribution >= 0.6 is 0 Å². The molecule has 0 saturated carbocycles. The van der Waals surface area contributed by atoms with Crippen molar-refractivity contribution in [3.05, 3.63) is 0 Å². The van der Waals surface area contributed by atoms with Gasteiger partial charge in [0, 0.05) is 13.1 Å². The van der Waals surface area contributed by atoms with Gasteiger partial charge in [0.2, 0.25) is 0 Å². The highest BCUT2D eigenvalue weighted by atomic mass is 28.4. The Kier molecular flexibility index (Phi) is 10.3. The molecule has 196 valence electrons. The number of likely N-dealkylation sites (tertiary alicyclic amines) is 1. The summed E-state index contributed by atoms with van der Waals surface area (Å²) in [5, 5.41) is 0. The van der Waals surface area contributed by atoms with E-state index in [0.29, 0.717) is 6.61 Å². The van der Waals surface area contributed by atoms with Crippen molar-refractivity contribution in [2.45, 2.75) is 128 Å². The number of nitrogens with zero attached hydrogens (tertiary/aromatic N) is 1. The normalized spacial score (nSPS) is 31.1. The summed E-state index contributed by atoms with van der Waals surface area (Å²) in [5.41, 5.74) is 0. The average molecular weight is 536 g/mol. The fourth-order valence-electron chi connectivity index (χ4n) is 4.45. The molecule has 2 rings (SSSR count). The van der Waals surface area contributed by atoms with Crippen molar-refractivity contribution in [1.29, 1.82) is 0 Å². The van der Waals surface area contributed by atoms with E-state index in [2.05, 4.69) is 83.5 Å². The Morgan fingerprint density at radius 2 is 1.06 bits per heavy atom. The van der Waals surface area contributed by atoms with Crippen LogP contribution in [0.25, 0.3) is 0 Å². The predicted octanol–water partition coefficient (Wildman–Crippen LogP) is 5.71. The minimum absolute atomic E-state index is 0.116. The summed E-state index contributed by atoms with van der Waals surface area (Å²) in [7, 11) is -7.33. The Balaban J connectivity index is 2.50. The molecule has 2 aliphatic rings. The minimum atomic E-state index is -1.88. The molecule has 2 heterocycles. The van der Waals surface area contributed by atoms with E-state index in [1.54, 1.807) is 0 Å². The topological polar surface area (TPSA) is 49.4 Å². The van der Waals surface area contributed by atoms with Crippen LogP contribution in [0.3, 0.4) is 0 Å². The van der Waals surface area contributed by atoms with E-state index in [4.69, 9.17) is 22.4 Å². The van der Waals surface area contributed by atoms with E-state index >= 15 is 0 Å². The van der Waals surface area contributed by atoms with Crippen LogP contribution in [0.5, 0.6) is 0 Å². The fraction of sp³-hybridized carbons (Fsp3) is 1.00. The number of hydrogen-bond acceptors (Lipinski definition) is 6. The minimum Gasteiger partial charge on any atom is -0.415 e. The summed E-state index contributed by atoms with van der Waals surface area (Å²) in [6.07, 6.45) is 2.97. The summed E-state index contributed by atoms with van der Waals surface area (Å²) >= 11 is 0. The van der Waals surface area contributed by atoms with Gasteiger partial charge in [-0.2, -0.15) is 0 Å². The maximum Gasteiger partial charge on any atom is 0.184 e. The molecule has 0 aromatic rings. The van der Waals surface area contributed by atoms with E-state index in [1.807, 2.05) is 0 Å². The third kappa shape index (κ3) is 10.6. The number of rotatable bonds is 10. The second-order valence-corrected chi connectivity index (χ2v) is 31.6. The molecule has 6 nitrogen and oxygen atoms in total. The van der Waals surface area contributed by atoms with E-state index in [1.165, 1.54) is 19.3 Å². The smallest absolute Gasteiger partial charge is 0.184 e. The van der Waals surface area contributed by atoms with Gasteiger partial charge in [-0.05, 0) is 91.4 Å². The molecule has 2 aliphatic heterocycles. The maximum atomic E-state index is 6.96. The predicted molar refractivity (Wildman–Crippen MR) is 148 cm³/mol. The second-order valence-electron chi connectivity index (χ2n) is 13.7. The molecule has 0 aliphatic carbocycles. The lowest BCUT2D eigenvalue weighted by molar-refractivity contribution is -0.254. The highest BCUT2D eigenvalue weighted by Gasteiger charge is 2.53. The van der Waals surface area contributed by atoms with Crippen molar-refractivity contribution in [2.24, 2.45) is 0 Å². The van der Waals surface area contributed by atoms with Crippen molar-refractivity contribution < 1.29 is 22.4 Å². The monoisotopic (exact) mass is 535 g/mol. The quantitative estimate of drug-likeness (QED) is 0.334. The molecule has 10 heteroatoms. The van der Waals surface area contributed by atoms with Gasteiger partial charge in [0.25, 0.3) is 0 Å². The first kappa shape index (κ1) is 29.9. The molecule has 2 fully saturated rings. The van der Waals surface area contributed by atoms with Gasteiger partial charge < -0.3 is 22.4 Å². The van der Waals surface area contributed by atoms with Crippen molar-refractivity contribution >= 4 is 33.3 Å². The van der Waals surface area contributed by atoms with Crippen LogP contribution in [0.2, 0.25) is 78.6 Å². The van der Waals surface area contributed by atoms with Crippen LogP contribution in [-0.2, 0) is 22.4 Å². The first-order chi connectivity index (χ1) is 14.8. The van der Waals surface area contributed by atoms with Gasteiger partial charge in [-0.15, -0.1) is 0 Å². The van der Waals surface area contributed by atoms with E-state index in [-0.39, 0.29) is 30.6 Å². The Morgan fingerprint density at radius 1 is 0.606 bits per heavy atom. The Hall–Kier alpha value is 0.628. The standard InChI is InChI=1S/C23H53NO5Si4/c1-30(2,3)25-18-19-20(27-31(4,5)6)21(28-32(7,8)9)22(29-33(10,11)12)23(26-19)24-16-14-13-15-17-24/h19-23H,13-18H2,1-12H3. The number of piperidine rings is 1. The Labute approximate surface area is 208 Å². The number of ether oxygens (including phenoxy) is 1. The van der Waals surface area contributed by atoms with Gasteiger partial charge in [-0.1, -0.05) is 6.42 Å². The third-order valence-electron chi connectivity index (χ3n) is 5.51. The molecule has 5 unspecified atom stereocenters. The summed E-state index contributed by atoms with van der Waals surface area (Å²) in [4.78, 5) is 2.50. The third-order valence-corrected chi connectivity index (χ3v) is 9.48. The van der Waals surface area contributed by atoms with Gasteiger partial charge in [0.05, 0.1) is 6.61 Å². The molecule has 0 amide bonds. The lowest BCUT2D eigenvalue weighted by Gasteiger charge is -2.53. The van der Waals surface area contributed by atoms with Crippen molar-refractivity contribution in [1.82, 2.24) is 4.90 Å². The lowest BCUT2D eigenvalue weighted by Crippen LogP contribution is -2.69. The largest absolute Gasteiger partial charge is 0.415 e. The zero-order valence-corrected chi connectivity index (χ0v) is 27.6. The van der Waals surface area contributed by atoms with Crippen LogP contribution in [0, 0.1) is 0 Å². The first-order valence-electron chi connectivity index (χ1n) is 12.9. The molecule has 0 spiro atoms. The molecule has 0 aromatic heterocycles. The summed E-state index contributed by atoms with van der Waals surface area (Å²) < 4.78 is 34.1.